The van der Waals surface area contributed by atoms with Crippen LogP contribution in [0.3, 0.4) is 0 Å². The first-order valence-corrected chi connectivity index (χ1v) is 5.76. The summed E-state index contributed by atoms with van der Waals surface area (Å²) in [6.07, 6.45) is 0. The highest BCUT2D eigenvalue weighted by molar-refractivity contribution is 5.64. The standard InChI is InChI=1S/C14H12FNO3/c1-17-10-3-4-12(11(15)7-10)16-9-2-5-13-14(6-9)19-8-18-13/h2-7,16H,8H2,1H3. The smallest absolute Gasteiger partial charge is 0.231 e. The molecule has 3 rings (SSSR count). The Labute approximate surface area is 109 Å². The van der Waals surface area contributed by atoms with Gasteiger partial charge in [-0.05, 0) is 24.3 Å². The Bertz CT molecular complexity index is 616. The van der Waals surface area contributed by atoms with Crippen LogP contribution in [0, 0.1) is 5.82 Å². The zero-order valence-corrected chi connectivity index (χ0v) is 10.3. The zero-order chi connectivity index (χ0) is 13.2. The van der Waals surface area contributed by atoms with E-state index < -0.39 is 0 Å². The minimum atomic E-state index is -0.378. The average molecular weight is 261 g/mol. The Kier molecular flexibility index (Phi) is 2.87. The first-order valence-electron chi connectivity index (χ1n) is 5.76. The SMILES string of the molecule is COc1ccc(Nc2ccc3c(c2)OCO3)c(F)c1. The van der Waals surface area contributed by atoms with Crippen LogP contribution in [-0.4, -0.2) is 13.9 Å². The van der Waals surface area contributed by atoms with Gasteiger partial charge >= 0.3 is 0 Å². The predicted molar refractivity (Wildman–Crippen MR) is 68.8 cm³/mol. The van der Waals surface area contributed by atoms with Crippen LogP contribution in [0.1, 0.15) is 0 Å². The Morgan fingerprint density at radius 2 is 1.95 bits per heavy atom. The van der Waals surface area contributed by atoms with Gasteiger partial charge in [0.15, 0.2) is 11.5 Å². The summed E-state index contributed by atoms with van der Waals surface area (Å²) in [6, 6.07) is 10.0. The van der Waals surface area contributed by atoms with E-state index >= 15 is 0 Å². The van der Waals surface area contributed by atoms with Gasteiger partial charge in [0.1, 0.15) is 11.6 Å². The lowest BCUT2D eigenvalue weighted by Gasteiger charge is -2.09. The van der Waals surface area contributed by atoms with E-state index in [0.29, 0.717) is 22.9 Å². The molecule has 1 heterocycles. The van der Waals surface area contributed by atoms with E-state index in [4.69, 9.17) is 14.2 Å². The number of hydrogen-bond acceptors (Lipinski definition) is 4. The highest BCUT2D eigenvalue weighted by Gasteiger charge is 2.13. The van der Waals surface area contributed by atoms with Gasteiger partial charge in [-0.1, -0.05) is 0 Å². The maximum atomic E-state index is 13.8. The normalized spacial score (nSPS) is 12.3. The van der Waals surface area contributed by atoms with Crippen LogP contribution in [-0.2, 0) is 0 Å². The number of ether oxygens (including phenoxy) is 3. The molecule has 0 fully saturated rings. The van der Waals surface area contributed by atoms with Crippen molar-refractivity contribution in [2.45, 2.75) is 0 Å². The van der Waals surface area contributed by atoms with Crippen LogP contribution < -0.4 is 19.5 Å². The van der Waals surface area contributed by atoms with Gasteiger partial charge < -0.3 is 19.5 Å². The molecule has 1 aliphatic heterocycles. The molecule has 19 heavy (non-hydrogen) atoms. The summed E-state index contributed by atoms with van der Waals surface area (Å²) in [5.74, 6) is 1.45. The van der Waals surface area contributed by atoms with Crippen molar-refractivity contribution in [1.82, 2.24) is 0 Å². The van der Waals surface area contributed by atoms with Crippen molar-refractivity contribution in [3.63, 3.8) is 0 Å². The Balaban J connectivity index is 1.85. The Morgan fingerprint density at radius 3 is 2.74 bits per heavy atom. The maximum absolute atomic E-state index is 13.8. The summed E-state index contributed by atoms with van der Waals surface area (Å²) in [5.41, 5.74) is 1.10. The number of rotatable bonds is 3. The fourth-order valence-electron chi connectivity index (χ4n) is 1.85. The van der Waals surface area contributed by atoms with Crippen molar-refractivity contribution in [3.05, 3.63) is 42.2 Å². The lowest BCUT2D eigenvalue weighted by molar-refractivity contribution is 0.174. The molecule has 98 valence electrons. The van der Waals surface area contributed by atoms with Crippen LogP contribution in [0.5, 0.6) is 17.2 Å². The van der Waals surface area contributed by atoms with Crippen molar-refractivity contribution in [2.24, 2.45) is 0 Å². The molecule has 2 aromatic carbocycles. The summed E-state index contributed by atoms with van der Waals surface area (Å²) in [4.78, 5) is 0. The van der Waals surface area contributed by atoms with Gasteiger partial charge in [-0.3, -0.25) is 0 Å². The van der Waals surface area contributed by atoms with Crippen molar-refractivity contribution >= 4 is 11.4 Å². The highest BCUT2D eigenvalue weighted by atomic mass is 19.1. The first-order chi connectivity index (χ1) is 9.26. The second kappa shape index (κ2) is 4.68. The van der Waals surface area contributed by atoms with Gasteiger partial charge in [0.05, 0.1) is 12.8 Å². The van der Waals surface area contributed by atoms with E-state index in [2.05, 4.69) is 5.32 Å². The van der Waals surface area contributed by atoms with Crippen molar-refractivity contribution in [1.29, 1.82) is 0 Å². The van der Waals surface area contributed by atoms with E-state index in [9.17, 15) is 4.39 Å². The molecule has 0 saturated carbocycles. The summed E-state index contributed by atoms with van der Waals surface area (Å²) < 4.78 is 29.2. The van der Waals surface area contributed by atoms with Gasteiger partial charge in [0.25, 0.3) is 0 Å². The molecule has 2 aromatic rings. The number of fused-ring (bicyclic) bond motifs is 1. The third-order valence-corrected chi connectivity index (χ3v) is 2.83. The number of halogens is 1. The molecule has 0 atom stereocenters. The lowest BCUT2D eigenvalue weighted by Crippen LogP contribution is -1.95. The Morgan fingerprint density at radius 1 is 1.11 bits per heavy atom. The van der Waals surface area contributed by atoms with E-state index in [1.165, 1.54) is 13.2 Å². The van der Waals surface area contributed by atoms with Gasteiger partial charge in [0, 0.05) is 17.8 Å². The highest BCUT2D eigenvalue weighted by Crippen LogP contribution is 2.35. The van der Waals surface area contributed by atoms with Gasteiger partial charge in [-0.15, -0.1) is 0 Å². The largest absolute Gasteiger partial charge is 0.497 e. The van der Waals surface area contributed by atoms with Gasteiger partial charge in [-0.25, -0.2) is 4.39 Å². The van der Waals surface area contributed by atoms with Crippen molar-refractivity contribution < 1.29 is 18.6 Å². The van der Waals surface area contributed by atoms with Crippen LogP contribution in [0.25, 0.3) is 0 Å². The number of methoxy groups -OCH3 is 1. The number of nitrogens with one attached hydrogen (secondary N) is 1. The molecule has 0 saturated heterocycles. The third-order valence-electron chi connectivity index (χ3n) is 2.83. The van der Waals surface area contributed by atoms with Crippen molar-refractivity contribution in [3.8, 4) is 17.2 Å². The lowest BCUT2D eigenvalue weighted by atomic mass is 10.2. The summed E-state index contributed by atoms with van der Waals surface area (Å²) in [6.45, 7) is 0.218. The monoisotopic (exact) mass is 261 g/mol. The summed E-state index contributed by atoms with van der Waals surface area (Å²) >= 11 is 0. The molecule has 5 heteroatoms. The third kappa shape index (κ3) is 2.27. The second-order valence-electron chi connectivity index (χ2n) is 4.04. The molecule has 1 aliphatic rings. The molecule has 0 spiro atoms. The molecule has 0 unspecified atom stereocenters. The average Bonchev–Trinajstić information content (AvgIpc) is 2.88. The quantitative estimate of drug-likeness (QED) is 0.920. The molecule has 0 bridgehead atoms. The summed E-state index contributed by atoms with van der Waals surface area (Å²) in [7, 11) is 1.50. The molecule has 1 N–H and O–H groups in total. The number of hydrogen-bond donors (Lipinski definition) is 1. The minimum absolute atomic E-state index is 0.218. The van der Waals surface area contributed by atoms with Crippen LogP contribution in [0.4, 0.5) is 15.8 Å². The second-order valence-corrected chi connectivity index (χ2v) is 4.04. The fourth-order valence-corrected chi connectivity index (χ4v) is 1.85. The molecule has 4 nitrogen and oxygen atoms in total. The maximum Gasteiger partial charge on any atom is 0.231 e. The van der Waals surface area contributed by atoms with Crippen LogP contribution in [0.2, 0.25) is 0 Å². The van der Waals surface area contributed by atoms with Crippen LogP contribution >= 0.6 is 0 Å². The van der Waals surface area contributed by atoms with E-state index in [1.807, 2.05) is 0 Å². The van der Waals surface area contributed by atoms with Gasteiger partial charge in [0.2, 0.25) is 6.79 Å². The van der Waals surface area contributed by atoms with Crippen molar-refractivity contribution in [2.75, 3.05) is 19.2 Å². The topological polar surface area (TPSA) is 39.7 Å². The first kappa shape index (κ1) is 11.6. The van der Waals surface area contributed by atoms with Gasteiger partial charge in [-0.2, -0.15) is 0 Å². The predicted octanol–water partition coefficient (Wildman–Crippen LogP) is 3.31. The van der Waals surface area contributed by atoms with E-state index in [0.717, 1.165) is 5.69 Å². The zero-order valence-electron chi connectivity index (χ0n) is 10.3. The molecule has 0 aliphatic carbocycles. The number of benzene rings is 2. The van der Waals surface area contributed by atoms with E-state index in [1.54, 1.807) is 30.3 Å². The fraction of sp³-hybridized carbons (Fsp3) is 0.143. The molecule has 0 aromatic heterocycles. The summed E-state index contributed by atoms with van der Waals surface area (Å²) in [5, 5.41) is 2.99. The number of anilines is 2. The van der Waals surface area contributed by atoms with Crippen LogP contribution in [0.15, 0.2) is 36.4 Å². The molecule has 0 amide bonds. The molecular formula is C14H12FNO3. The van der Waals surface area contributed by atoms with E-state index in [-0.39, 0.29) is 12.6 Å². The molecule has 0 radical (unpaired) electrons. The minimum Gasteiger partial charge on any atom is -0.497 e. The molecular weight excluding hydrogens is 249 g/mol. The Hall–Kier alpha value is -2.43.